The minimum Gasteiger partial charge on any atom is -0.497 e. The van der Waals surface area contributed by atoms with Crippen LogP contribution in [-0.4, -0.2) is 23.8 Å². The molecule has 0 amide bonds. The number of Topliss-reactive ketones (excluding diaryl/α,β-unsaturated/α-hetero) is 1. The van der Waals surface area contributed by atoms with Gasteiger partial charge in [0.25, 0.3) is 0 Å². The SMILES string of the molecule is COc1ccc([C@@H]2[C@@H](C(=O)C(C)(C)C)N3C=Cc4ccccc4[C@H]3C2(C#N)C#N)cc1. The molecule has 4 rings (SSSR count). The summed E-state index contributed by atoms with van der Waals surface area (Å²) in [5.74, 6) is 0.0820. The van der Waals surface area contributed by atoms with E-state index in [4.69, 9.17) is 4.74 Å². The van der Waals surface area contributed by atoms with E-state index in [9.17, 15) is 15.3 Å². The largest absolute Gasteiger partial charge is 0.497 e. The van der Waals surface area contributed by atoms with E-state index in [0.717, 1.165) is 16.7 Å². The van der Waals surface area contributed by atoms with Crippen molar-refractivity contribution in [1.29, 1.82) is 10.5 Å². The summed E-state index contributed by atoms with van der Waals surface area (Å²) in [4.78, 5) is 15.7. The molecule has 0 radical (unpaired) electrons. The maximum Gasteiger partial charge on any atom is 0.177 e. The van der Waals surface area contributed by atoms with Gasteiger partial charge in [-0.3, -0.25) is 4.79 Å². The molecule has 2 aromatic carbocycles. The Morgan fingerprint density at radius 1 is 1.06 bits per heavy atom. The summed E-state index contributed by atoms with van der Waals surface area (Å²) >= 11 is 0. The average molecular weight is 412 g/mol. The van der Waals surface area contributed by atoms with Gasteiger partial charge in [-0.15, -0.1) is 0 Å². The summed E-state index contributed by atoms with van der Waals surface area (Å²) in [5.41, 5.74) is 0.589. The molecule has 0 aliphatic carbocycles. The average Bonchev–Trinajstić information content (AvgIpc) is 3.08. The number of ketones is 1. The molecule has 0 aromatic heterocycles. The number of nitrogens with zero attached hydrogens (tertiary/aromatic N) is 3. The highest BCUT2D eigenvalue weighted by atomic mass is 16.5. The highest BCUT2D eigenvalue weighted by molar-refractivity contribution is 5.91. The lowest BCUT2D eigenvalue weighted by atomic mass is 9.66. The second-order valence-corrected chi connectivity index (χ2v) is 9.20. The van der Waals surface area contributed by atoms with Crippen molar-refractivity contribution in [2.24, 2.45) is 10.8 Å². The maximum atomic E-state index is 13.7. The molecule has 0 N–H and O–H groups in total. The first-order chi connectivity index (χ1) is 14.8. The van der Waals surface area contributed by atoms with Crippen LogP contribution in [0.4, 0.5) is 0 Å². The number of benzene rings is 2. The van der Waals surface area contributed by atoms with E-state index in [1.807, 2.05) is 86.5 Å². The Bertz CT molecular complexity index is 1110. The van der Waals surface area contributed by atoms with Crippen LogP contribution in [0.15, 0.2) is 54.7 Å². The maximum absolute atomic E-state index is 13.7. The third-order valence-corrected chi connectivity index (χ3v) is 6.43. The summed E-state index contributed by atoms with van der Waals surface area (Å²) < 4.78 is 5.29. The van der Waals surface area contributed by atoms with Gasteiger partial charge in [-0.1, -0.05) is 57.2 Å². The number of hydrogen-bond acceptors (Lipinski definition) is 5. The van der Waals surface area contributed by atoms with Crippen molar-refractivity contribution in [3.8, 4) is 17.9 Å². The van der Waals surface area contributed by atoms with Crippen LogP contribution in [0.5, 0.6) is 5.75 Å². The zero-order valence-corrected chi connectivity index (χ0v) is 18.2. The molecule has 0 saturated carbocycles. The van der Waals surface area contributed by atoms with Gasteiger partial charge >= 0.3 is 0 Å². The minimum absolute atomic E-state index is 0.00900. The van der Waals surface area contributed by atoms with Gasteiger partial charge in [-0.05, 0) is 34.9 Å². The first-order valence-corrected chi connectivity index (χ1v) is 10.3. The fourth-order valence-corrected chi connectivity index (χ4v) is 4.92. The highest BCUT2D eigenvalue weighted by Gasteiger charge is 2.64. The van der Waals surface area contributed by atoms with Gasteiger partial charge in [-0.2, -0.15) is 10.5 Å². The smallest absolute Gasteiger partial charge is 0.177 e. The molecule has 5 heteroatoms. The zero-order valence-electron chi connectivity index (χ0n) is 18.2. The molecule has 0 bridgehead atoms. The molecule has 2 aliphatic rings. The standard InChI is InChI=1S/C26H25N3O2/c1-25(2,3)24(30)22-21(18-9-11-19(31-4)12-10-18)26(15-27,16-28)23-20-8-6-5-7-17(20)13-14-29(22)23/h5-14,21-23H,1-4H3/t21-,22+,23+/m1/s1. The quantitative estimate of drug-likeness (QED) is 0.722. The number of hydrogen-bond donors (Lipinski definition) is 0. The molecule has 2 heterocycles. The lowest BCUT2D eigenvalue weighted by Crippen LogP contribution is -2.43. The van der Waals surface area contributed by atoms with Crippen LogP contribution in [0, 0.1) is 33.5 Å². The Morgan fingerprint density at radius 2 is 1.71 bits per heavy atom. The third-order valence-electron chi connectivity index (χ3n) is 6.43. The van der Waals surface area contributed by atoms with Gasteiger partial charge in [0.15, 0.2) is 11.2 Å². The van der Waals surface area contributed by atoms with Gasteiger partial charge in [-0.25, -0.2) is 0 Å². The number of methoxy groups -OCH3 is 1. The molecular formula is C26H25N3O2. The lowest BCUT2D eigenvalue weighted by molar-refractivity contribution is -0.130. The Labute approximate surface area is 183 Å². The summed E-state index contributed by atoms with van der Waals surface area (Å²) in [5, 5.41) is 20.9. The molecule has 156 valence electrons. The summed E-state index contributed by atoms with van der Waals surface area (Å²) in [6.45, 7) is 5.65. The van der Waals surface area contributed by atoms with Crippen LogP contribution in [0.3, 0.4) is 0 Å². The predicted molar refractivity (Wildman–Crippen MR) is 118 cm³/mol. The van der Waals surface area contributed by atoms with Crippen LogP contribution < -0.4 is 4.74 Å². The predicted octanol–water partition coefficient (Wildman–Crippen LogP) is 4.84. The Kier molecular flexibility index (Phi) is 4.86. The third kappa shape index (κ3) is 3.01. The fraction of sp³-hybridized carbons (Fsp3) is 0.346. The van der Waals surface area contributed by atoms with Crippen molar-refractivity contribution in [1.82, 2.24) is 4.90 Å². The van der Waals surface area contributed by atoms with E-state index in [0.29, 0.717) is 5.75 Å². The van der Waals surface area contributed by atoms with Crippen molar-refractivity contribution in [2.75, 3.05) is 7.11 Å². The van der Waals surface area contributed by atoms with Crippen molar-refractivity contribution >= 4 is 11.9 Å². The fourth-order valence-electron chi connectivity index (χ4n) is 4.92. The van der Waals surface area contributed by atoms with E-state index >= 15 is 0 Å². The van der Waals surface area contributed by atoms with E-state index in [2.05, 4.69) is 12.1 Å². The summed E-state index contributed by atoms with van der Waals surface area (Å²) in [7, 11) is 1.59. The first kappa shape index (κ1) is 20.7. The molecule has 31 heavy (non-hydrogen) atoms. The van der Waals surface area contributed by atoms with Crippen molar-refractivity contribution in [3.05, 3.63) is 71.4 Å². The van der Waals surface area contributed by atoms with E-state index < -0.39 is 28.8 Å². The van der Waals surface area contributed by atoms with Crippen LogP contribution >= 0.6 is 0 Å². The Balaban J connectivity index is 2.00. The molecule has 2 aromatic rings. The van der Waals surface area contributed by atoms with Gasteiger partial charge in [0.1, 0.15) is 5.75 Å². The summed E-state index contributed by atoms with van der Waals surface area (Å²) in [6.07, 6.45) is 3.85. The van der Waals surface area contributed by atoms with Crippen LogP contribution in [0.1, 0.15) is 49.4 Å². The van der Waals surface area contributed by atoms with Gasteiger partial charge in [0.2, 0.25) is 0 Å². The lowest BCUT2D eigenvalue weighted by Gasteiger charge is -2.36. The second kappa shape index (κ2) is 7.29. The van der Waals surface area contributed by atoms with Crippen LogP contribution in [0.25, 0.3) is 6.08 Å². The van der Waals surface area contributed by atoms with Gasteiger partial charge in [0, 0.05) is 17.5 Å². The number of rotatable bonds is 3. The molecule has 0 unspecified atom stereocenters. The minimum atomic E-state index is -1.43. The Hall–Kier alpha value is -3.57. The van der Waals surface area contributed by atoms with Crippen LogP contribution in [0.2, 0.25) is 0 Å². The van der Waals surface area contributed by atoms with Gasteiger partial charge < -0.3 is 9.64 Å². The molecule has 3 atom stereocenters. The highest BCUT2D eigenvalue weighted by Crippen LogP contribution is 2.60. The molecule has 0 spiro atoms. The van der Waals surface area contributed by atoms with Crippen molar-refractivity contribution < 1.29 is 9.53 Å². The van der Waals surface area contributed by atoms with E-state index in [-0.39, 0.29) is 5.78 Å². The molecule has 1 fully saturated rings. The Morgan fingerprint density at radius 3 is 2.29 bits per heavy atom. The first-order valence-electron chi connectivity index (χ1n) is 10.3. The normalized spacial score (nSPS) is 23.3. The second-order valence-electron chi connectivity index (χ2n) is 9.20. The topological polar surface area (TPSA) is 77.1 Å². The van der Waals surface area contributed by atoms with E-state index in [1.54, 1.807) is 7.11 Å². The molecule has 5 nitrogen and oxygen atoms in total. The zero-order chi connectivity index (χ0) is 22.4. The molecular weight excluding hydrogens is 386 g/mol. The number of ether oxygens (including phenoxy) is 1. The van der Waals surface area contributed by atoms with Crippen LogP contribution in [-0.2, 0) is 4.79 Å². The number of fused-ring (bicyclic) bond motifs is 3. The number of nitriles is 2. The van der Waals surface area contributed by atoms with Crippen molar-refractivity contribution in [3.63, 3.8) is 0 Å². The number of carbonyl (C=O) groups excluding carboxylic acids is 1. The molecule has 1 saturated heterocycles. The van der Waals surface area contributed by atoms with Gasteiger partial charge in [0.05, 0.1) is 31.3 Å². The number of carbonyl (C=O) groups is 1. The van der Waals surface area contributed by atoms with E-state index in [1.165, 1.54) is 0 Å². The van der Waals surface area contributed by atoms with Crippen molar-refractivity contribution in [2.45, 2.75) is 38.8 Å². The monoisotopic (exact) mass is 411 g/mol. The molecule has 2 aliphatic heterocycles. The summed E-state index contributed by atoms with van der Waals surface area (Å²) in [6, 6.07) is 18.7.